The molecule has 1 aliphatic heterocycles. The topological polar surface area (TPSA) is 41.5 Å². The number of ether oxygens (including phenoxy) is 1. The van der Waals surface area contributed by atoms with Gasteiger partial charge < -0.3 is 15.2 Å². The third-order valence-electron chi connectivity index (χ3n) is 2.66. The molecule has 0 aromatic heterocycles. The van der Waals surface area contributed by atoms with Gasteiger partial charge >= 0.3 is 0 Å². The van der Waals surface area contributed by atoms with E-state index in [2.05, 4.69) is 5.32 Å². The molecule has 1 heterocycles. The van der Waals surface area contributed by atoms with Crippen LogP contribution in [-0.2, 0) is 6.42 Å². The Labute approximate surface area is 90.1 Å². The zero-order chi connectivity index (χ0) is 10.5. The highest BCUT2D eigenvalue weighted by molar-refractivity contribution is 5.33. The maximum Gasteiger partial charge on any atom is 0.123 e. The summed E-state index contributed by atoms with van der Waals surface area (Å²) in [7, 11) is 0. The number of hydrogen-bond donors (Lipinski definition) is 2. The summed E-state index contributed by atoms with van der Waals surface area (Å²) in [6.07, 6.45) is 2.01. The summed E-state index contributed by atoms with van der Waals surface area (Å²) >= 11 is 0. The highest BCUT2D eigenvalue weighted by atomic mass is 16.5. The summed E-state index contributed by atoms with van der Waals surface area (Å²) in [6.45, 7) is 2.13. The summed E-state index contributed by atoms with van der Waals surface area (Å²) in [6, 6.07) is 7.93. The van der Waals surface area contributed by atoms with Crippen LogP contribution in [0.1, 0.15) is 12.0 Å². The van der Waals surface area contributed by atoms with Gasteiger partial charge in [0.05, 0.1) is 0 Å². The Balaban J connectivity index is 2.05. The first-order chi connectivity index (χ1) is 7.40. The molecule has 82 valence electrons. The Hall–Kier alpha value is -1.06. The Morgan fingerprint density at radius 1 is 1.40 bits per heavy atom. The molecule has 0 aliphatic carbocycles. The first kappa shape index (κ1) is 10.5. The van der Waals surface area contributed by atoms with Crippen LogP contribution >= 0.6 is 0 Å². The second kappa shape index (κ2) is 5.14. The molecule has 1 aromatic rings. The van der Waals surface area contributed by atoms with Gasteiger partial charge in [0.25, 0.3) is 0 Å². The molecule has 0 amide bonds. The van der Waals surface area contributed by atoms with Crippen LogP contribution in [0, 0.1) is 0 Å². The van der Waals surface area contributed by atoms with E-state index in [1.165, 1.54) is 0 Å². The Bertz CT molecular complexity index is 308. The Kier molecular flexibility index (Phi) is 3.59. The molecule has 3 heteroatoms. The van der Waals surface area contributed by atoms with Gasteiger partial charge in [0.1, 0.15) is 11.9 Å². The predicted molar refractivity (Wildman–Crippen MR) is 59.1 cm³/mol. The van der Waals surface area contributed by atoms with E-state index in [0.717, 1.165) is 30.8 Å². The largest absolute Gasteiger partial charge is 0.489 e. The minimum absolute atomic E-state index is 0.170. The quantitative estimate of drug-likeness (QED) is 0.772. The highest BCUT2D eigenvalue weighted by Gasteiger charge is 2.16. The lowest BCUT2D eigenvalue weighted by Crippen LogP contribution is -2.20. The molecule has 0 saturated carbocycles. The zero-order valence-corrected chi connectivity index (χ0v) is 8.78. The van der Waals surface area contributed by atoms with Crippen LogP contribution in [0.5, 0.6) is 5.75 Å². The molecule has 15 heavy (non-hydrogen) atoms. The van der Waals surface area contributed by atoms with Gasteiger partial charge in [0.15, 0.2) is 0 Å². The van der Waals surface area contributed by atoms with E-state index in [-0.39, 0.29) is 12.7 Å². The maximum atomic E-state index is 8.94. The third-order valence-corrected chi connectivity index (χ3v) is 2.66. The molecule has 1 atom stereocenters. The van der Waals surface area contributed by atoms with Crippen LogP contribution in [-0.4, -0.2) is 30.9 Å². The molecular weight excluding hydrogens is 190 g/mol. The van der Waals surface area contributed by atoms with Crippen molar-refractivity contribution in [3.8, 4) is 5.75 Å². The summed E-state index contributed by atoms with van der Waals surface area (Å²) < 4.78 is 5.89. The van der Waals surface area contributed by atoms with Gasteiger partial charge in [-0.05, 0) is 31.0 Å². The van der Waals surface area contributed by atoms with Crippen molar-refractivity contribution >= 4 is 0 Å². The number of aliphatic hydroxyl groups excluding tert-OH is 1. The van der Waals surface area contributed by atoms with E-state index < -0.39 is 0 Å². The van der Waals surface area contributed by atoms with E-state index in [1.54, 1.807) is 0 Å². The molecule has 0 bridgehead atoms. The first-order valence-electron chi connectivity index (χ1n) is 5.46. The van der Waals surface area contributed by atoms with Crippen LogP contribution in [0.4, 0.5) is 0 Å². The fourth-order valence-electron chi connectivity index (χ4n) is 1.85. The van der Waals surface area contributed by atoms with Crippen molar-refractivity contribution in [3.63, 3.8) is 0 Å². The molecule has 1 aliphatic rings. The van der Waals surface area contributed by atoms with Gasteiger partial charge in [-0.25, -0.2) is 0 Å². The summed E-state index contributed by atoms with van der Waals surface area (Å²) in [5, 5.41) is 12.2. The van der Waals surface area contributed by atoms with Gasteiger partial charge in [-0.15, -0.1) is 0 Å². The molecule has 0 radical (unpaired) electrons. The van der Waals surface area contributed by atoms with Crippen molar-refractivity contribution in [1.29, 1.82) is 0 Å². The van der Waals surface area contributed by atoms with Crippen LogP contribution in [0.3, 0.4) is 0 Å². The second-order valence-electron chi connectivity index (χ2n) is 3.81. The minimum Gasteiger partial charge on any atom is -0.489 e. The summed E-state index contributed by atoms with van der Waals surface area (Å²) in [5.74, 6) is 0.917. The third kappa shape index (κ3) is 2.70. The van der Waals surface area contributed by atoms with Crippen LogP contribution in [0.25, 0.3) is 0 Å². The van der Waals surface area contributed by atoms with Gasteiger partial charge in [0, 0.05) is 13.2 Å². The molecule has 0 spiro atoms. The number of aliphatic hydroxyl groups is 1. The summed E-state index contributed by atoms with van der Waals surface area (Å²) in [4.78, 5) is 0. The van der Waals surface area contributed by atoms with Crippen molar-refractivity contribution in [2.75, 3.05) is 19.7 Å². The van der Waals surface area contributed by atoms with Crippen molar-refractivity contribution in [2.45, 2.75) is 18.9 Å². The van der Waals surface area contributed by atoms with E-state index in [1.807, 2.05) is 24.3 Å². The lowest BCUT2D eigenvalue weighted by atomic mass is 10.1. The minimum atomic E-state index is 0.170. The average Bonchev–Trinajstić information content (AvgIpc) is 2.74. The molecule has 1 unspecified atom stereocenters. The van der Waals surface area contributed by atoms with E-state index >= 15 is 0 Å². The van der Waals surface area contributed by atoms with Crippen LogP contribution in [0.15, 0.2) is 24.3 Å². The lowest BCUT2D eigenvalue weighted by molar-refractivity contribution is 0.218. The van der Waals surface area contributed by atoms with Gasteiger partial charge in [-0.2, -0.15) is 0 Å². The number of nitrogens with one attached hydrogen (secondary N) is 1. The molecule has 1 aromatic carbocycles. The van der Waals surface area contributed by atoms with Gasteiger partial charge in [-0.3, -0.25) is 0 Å². The number of benzene rings is 1. The van der Waals surface area contributed by atoms with E-state index in [4.69, 9.17) is 9.84 Å². The molecule has 1 fully saturated rings. The number of rotatable bonds is 4. The van der Waals surface area contributed by atoms with Crippen molar-refractivity contribution in [1.82, 2.24) is 5.32 Å². The molecule has 2 N–H and O–H groups in total. The molecule has 3 nitrogen and oxygen atoms in total. The smallest absolute Gasteiger partial charge is 0.123 e. The zero-order valence-electron chi connectivity index (χ0n) is 8.78. The molecular formula is C12H17NO2. The Morgan fingerprint density at radius 2 is 2.27 bits per heavy atom. The molecule has 2 rings (SSSR count). The van der Waals surface area contributed by atoms with E-state index in [0.29, 0.717) is 6.42 Å². The van der Waals surface area contributed by atoms with Gasteiger partial charge in [-0.1, -0.05) is 18.2 Å². The fraction of sp³-hybridized carbons (Fsp3) is 0.500. The fourth-order valence-corrected chi connectivity index (χ4v) is 1.85. The van der Waals surface area contributed by atoms with E-state index in [9.17, 15) is 0 Å². The van der Waals surface area contributed by atoms with Crippen molar-refractivity contribution in [2.24, 2.45) is 0 Å². The van der Waals surface area contributed by atoms with Crippen LogP contribution < -0.4 is 10.1 Å². The van der Waals surface area contributed by atoms with Crippen molar-refractivity contribution < 1.29 is 9.84 Å². The normalized spacial score (nSPS) is 20.5. The number of hydrogen-bond acceptors (Lipinski definition) is 3. The van der Waals surface area contributed by atoms with Gasteiger partial charge in [0.2, 0.25) is 0 Å². The van der Waals surface area contributed by atoms with Crippen LogP contribution in [0.2, 0.25) is 0 Å². The standard InChI is InChI=1S/C12H17NO2/c14-8-6-10-3-1-2-4-12(10)15-11-5-7-13-9-11/h1-4,11,13-14H,5-9H2. The first-order valence-corrected chi connectivity index (χ1v) is 5.46. The average molecular weight is 207 g/mol. The maximum absolute atomic E-state index is 8.94. The summed E-state index contributed by atoms with van der Waals surface area (Å²) in [5.41, 5.74) is 1.09. The second-order valence-corrected chi connectivity index (χ2v) is 3.81. The lowest BCUT2D eigenvalue weighted by Gasteiger charge is -2.15. The number of para-hydroxylation sites is 1. The monoisotopic (exact) mass is 207 g/mol. The predicted octanol–water partition coefficient (Wildman–Crippen LogP) is 0.962. The SMILES string of the molecule is OCCc1ccccc1OC1CCNC1. The van der Waals surface area contributed by atoms with Crippen molar-refractivity contribution in [3.05, 3.63) is 29.8 Å². The molecule has 1 saturated heterocycles. The Morgan fingerprint density at radius 3 is 3.00 bits per heavy atom. The highest BCUT2D eigenvalue weighted by Crippen LogP contribution is 2.21.